The lowest BCUT2D eigenvalue weighted by Gasteiger charge is -2.15. The molecule has 2 nitrogen and oxygen atoms in total. The minimum absolute atomic E-state index is 0.0169. The van der Waals surface area contributed by atoms with Crippen molar-refractivity contribution >= 4 is 16.6 Å². The van der Waals surface area contributed by atoms with Gasteiger partial charge >= 0.3 is 0 Å². The van der Waals surface area contributed by atoms with Crippen molar-refractivity contribution in [3.63, 3.8) is 0 Å². The quantitative estimate of drug-likeness (QED) is 0.765. The van der Waals surface area contributed by atoms with Gasteiger partial charge in [0.05, 0.1) is 5.25 Å². The number of rotatable bonds is 5. The molecule has 0 radical (unpaired) electrons. The highest BCUT2D eigenvalue weighted by molar-refractivity contribution is 7.87. The zero-order chi connectivity index (χ0) is 13.9. The van der Waals surface area contributed by atoms with Crippen LogP contribution in [-0.4, -0.2) is 20.5 Å². The van der Waals surface area contributed by atoms with Crippen LogP contribution in [-0.2, 0) is 10.8 Å². The van der Waals surface area contributed by atoms with Crippen LogP contribution in [0.25, 0.3) is 0 Å². The Hall–Kier alpha value is -0.960. The molecule has 18 heavy (non-hydrogen) atoms. The Labute approximate surface area is 112 Å². The predicted octanol–water partition coefficient (Wildman–Crippen LogP) is 3.42. The van der Waals surface area contributed by atoms with Crippen molar-refractivity contribution in [3.05, 3.63) is 34.9 Å². The number of ketones is 1. The highest BCUT2D eigenvalue weighted by Gasteiger charge is 2.24. The van der Waals surface area contributed by atoms with Crippen LogP contribution in [0.4, 0.5) is 0 Å². The number of hydrogen-bond donors (Lipinski definition) is 0. The van der Waals surface area contributed by atoms with Crippen LogP contribution in [0.15, 0.2) is 18.2 Å². The molecule has 0 aliphatic carbocycles. The second kappa shape index (κ2) is 6.28. The highest BCUT2D eigenvalue weighted by Crippen LogP contribution is 2.16. The molecule has 1 rings (SSSR count). The molecule has 1 aromatic carbocycles. The third-order valence-corrected chi connectivity index (χ3v) is 5.52. The van der Waals surface area contributed by atoms with E-state index < -0.39 is 16.0 Å². The highest BCUT2D eigenvalue weighted by atomic mass is 32.2. The van der Waals surface area contributed by atoms with Crippen LogP contribution in [0.1, 0.15) is 48.7 Å². The van der Waals surface area contributed by atoms with E-state index in [9.17, 15) is 9.00 Å². The largest absolute Gasteiger partial charge is 0.293 e. The van der Waals surface area contributed by atoms with Crippen LogP contribution in [0.3, 0.4) is 0 Å². The summed E-state index contributed by atoms with van der Waals surface area (Å²) in [7, 11) is -1.10. The van der Waals surface area contributed by atoms with Crippen LogP contribution >= 0.6 is 0 Å². The van der Waals surface area contributed by atoms with E-state index >= 15 is 0 Å². The Morgan fingerprint density at radius 2 is 1.83 bits per heavy atom. The van der Waals surface area contributed by atoms with Gasteiger partial charge in [0, 0.05) is 21.6 Å². The standard InChI is InChI=1S/C15H22O2S/c1-6-12(4)18(17)13(5)15(16)14-8-7-10(2)11(3)9-14/h7-9,12-13H,6H2,1-5H3. The fourth-order valence-corrected chi connectivity index (χ4v) is 3.12. The van der Waals surface area contributed by atoms with Crippen molar-refractivity contribution in [2.24, 2.45) is 0 Å². The van der Waals surface area contributed by atoms with Crippen LogP contribution in [0.5, 0.6) is 0 Å². The summed E-state index contributed by atoms with van der Waals surface area (Å²) in [6.07, 6.45) is 0.831. The van der Waals surface area contributed by atoms with E-state index in [1.807, 2.05) is 45.9 Å². The molecule has 3 heteroatoms. The van der Waals surface area contributed by atoms with E-state index in [4.69, 9.17) is 0 Å². The molecule has 100 valence electrons. The molecule has 0 bridgehead atoms. The van der Waals surface area contributed by atoms with Gasteiger partial charge in [0.25, 0.3) is 0 Å². The van der Waals surface area contributed by atoms with Crippen LogP contribution < -0.4 is 0 Å². The zero-order valence-electron chi connectivity index (χ0n) is 11.8. The predicted molar refractivity (Wildman–Crippen MR) is 77.6 cm³/mol. The number of hydrogen-bond acceptors (Lipinski definition) is 2. The van der Waals surface area contributed by atoms with Crippen molar-refractivity contribution in [1.82, 2.24) is 0 Å². The molecule has 0 aromatic heterocycles. The van der Waals surface area contributed by atoms with Gasteiger partial charge in [-0.1, -0.05) is 26.0 Å². The Morgan fingerprint density at radius 3 is 2.33 bits per heavy atom. The maximum absolute atomic E-state index is 12.3. The summed E-state index contributed by atoms with van der Waals surface area (Å²) in [5, 5.41) is -0.363. The maximum Gasteiger partial charge on any atom is 0.178 e. The van der Waals surface area contributed by atoms with Gasteiger partial charge in [-0.2, -0.15) is 0 Å². The molecule has 0 fully saturated rings. The third kappa shape index (κ3) is 3.29. The summed E-state index contributed by atoms with van der Waals surface area (Å²) in [5.74, 6) is -0.0169. The lowest BCUT2D eigenvalue weighted by molar-refractivity contribution is 0.0992. The minimum atomic E-state index is -1.10. The van der Waals surface area contributed by atoms with E-state index in [2.05, 4.69) is 0 Å². The molecule has 0 heterocycles. The van der Waals surface area contributed by atoms with Gasteiger partial charge in [0.15, 0.2) is 5.78 Å². The summed E-state index contributed by atoms with van der Waals surface area (Å²) in [5.41, 5.74) is 2.94. The number of carbonyl (C=O) groups is 1. The fourth-order valence-electron chi connectivity index (χ4n) is 1.75. The van der Waals surface area contributed by atoms with Crippen molar-refractivity contribution in [2.45, 2.75) is 51.5 Å². The summed E-state index contributed by atoms with van der Waals surface area (Å²) in [4.78, 5) is 12.3. The average molecular weight is 266 g/mol. The first-order chi connectivity index (χ1) is 8.38. The normalized spacial score (nSPS) is 16.1. The van der Waals surface area contributed by atoms with E-state index in [1.165, 1.54) is 5.56 Å². The number of Topliss-reactive ketones (excluding diaryl/α,β-unsaturated/α-hetero) is 1. The molecule has 3 unspecified atom stereocenters. The lowest BCUT2D eigenvalue weighted by Crippen LogP contribution is -2.28. The molecule has 0 N–H and O–H groups in total. The Bertz CT molecular complexity index is 466. The topological polar surface area (TPSA) is 34.1 Å². The fraction of sp³-hybridized carbons (Fsp3) is 0.533. The van der Waals surface area contributed by atoms with E-state index in [1.54, 1.807) is 6.92 Å². The monoisotopic (exact) mass is 266 g/mol. The van der Waals surface area contributed by atoms with Crippen LogP contribution in [0, 0.1) is 13.8 Å². The second-order valence-electron chi connectivity index (χ2n) is 4.85. The van der Waals surface area contributed by atoms with E-state index in [-0.39, 0.29) is 11.0 Å². The molecule has 0 saturated heterocycles. The lowest BCUT2D eigenvalue weighted by atomic mass is 10.0. The molecule has 1 aromatic rings. The van der Waals surface area contributed by atoms with Crippen molar-refractivity contribution in [2.75, 3.05) is 0 Å². The summed E-state index contributed by atoms with van der Waals surface area (Å²) in [6, 6.07) is 5.67. The number of aryl methyl sites for hydroxylation is 2. The van der Waals surface area contributed by atoms with Gasteiger partial charge in [-0.15, -0.1) is 0 Å². The molecule has 0 spiro atoms. The average Bonchev–Trinajstić information content (AvgIpc) is 2.38. The van der Waals surface area contributed by atoms with E-state index in [0.29, 0.717) is 5.56 Å². The molecule has 0 aliphatic rings. The second-order valence-corrected chi connectivity index (χ2v) is 7.02. The zero-order valence-corrected chi connectivity index (χ0v) is 12.6. The minimum Gasteiger partial charge on any atom is -0.293 e. The molecular formula is C15H22O2S. The van der Waals surface area contributed by atoms with Gasteiger partial charge in [0.1, 0.15) is 0 Å². The number of carbonyl (C=O) groups excluding carboxylic acids is 1. The first-order valence-corrected chi connectivity index (χ1v) is 7.67. The van der Waals surface area contributed by atoms with Gasteiger partial charge in [-0.25, -0.2) is 0 Å². The smallest absolute Gasteiger partial charge is 0.178 e. The Kier molecular flexibility index (Phi) is 5.27. The van der Waals surface area contributed by atoms with E-state index in [0.717, 1.165) is 12.0 Å². The Morgan fingerprint density at radius 1 is 1.22 bits per heavy atom. The first-order valence-electron chi connectivity index (χ1n) is 6.39. The molecule has 0 aliphatic heterocycles. The van der Waals surface area contributed by atoms with Crippen molar-refractivity contribution in [3.8, 4) is 0 Å². The Balaban J connectivity index is 2.93. The SMILES string of the molecule is CCC(C)S(=O)C(C)C(=O)c1ccc(C)c(C)c1. The molecule has 0 amide bonds. The molecular weight excluding hydrogens is 244 g/mol. The van der Waals surface area contributed by atoms with Crippen molar-refractivity contribution < 1.29 is 9.00 Å². The summed E-state index contributed by atoms with van der Waals surface area (Å²) < 4.78 is 12.1. The molecule has 3 atom stereocenters. The van der Waals surface area contributed by atoms with Gasteiger partial charge in [0.2, 0.25) is 0 Å². The third-order valence-electron chi connectivity index (χ3n) is 3.48. The van der Waals surface area contributed by atoms with Gasteiger partial charge in [-0.3, -0.25) is 9.00 Å². The van der Waals surface area contributed by atoms with Gasteiger partial charge < -0.3 is 0 Å². The molecule has 0 saturated carbocycles. The van der Waals surface area contributed by atoms with Crippen LogP contribution in [0.2, 0.25) is 0 Å². The first kappa shape index (κ1) is 15.1. The number of benzene rings is 1. The van der Waals surface area contributed by atoms with Gasteiger partial charge in [-0.05, 0) is 44.4 Å². The summed E-state index contributed by atoms with van der Waals surface area (Å²) >= 11 is 0. The maximum atomic E-state index is 12.3. The summed E-state index contributed by atoms with van der Waals surface area (Å²) in [6.45, 7) is 9.70. The van der Waals surface area contributed by atoms with Crippen molar-refractivity contribution in [1.29, 1.82) is 0 Å².